The van der Waals surface area contributed by atoms with E-state index in [4.69, 9.17) is 0 Å². The molecule has 0 aromatic heterocycles. The molecule has 32 heavy (non-hydrogen) atoms. The van der Waals surface area contributed by atoms with Crippen molar-refractivity contribution in [1.82, 2.24) is 36.6 Å². The molecule has 5 rings (SSSR count). The number of rotatable bonds is 5. The third-order valence-electron chi connectivity index (χ3n) is 7.24. The highest BCUT2D eigenvalue weighted by Gasteiger charge is 2.44. The number of hydrogen-bond acceptors (Lipinski definition) is 8. The summed E-state index contributed by atoms with van der Waals surface area (Å²) in [7, 11) is 0. The average Bonchev–Trinajstić information content (AvgIpc) is 3.11. The van der Waals surface area contributed by atoms with Gasteiger partial charge in [0.15, 0.2) is 0 Å². The van der Waals surface area contributed by atoms with Gasteiger partial charge in [-0.2, -0.15) is 0 Å². The zero-order valence-electron chi connectivity index (χ0n) is 18.9. The number of hydrogen-bond donors (Lipinski definition) is 6. The van der Waals surface area contributed by atoms with Gasteiger partial charge < -0.3 is 10.6 Å². The lowest BCUT2D eigenvalue weighted by molar-refractivity contribution is -0.132. The van der Waals surface area contributed by atoms with Crippen LogP contribution in [0.3, 0.4) is 0 Å². The Hall–Kier alpha value is -1.75. The summed E-state index contributed by atoms with van der Waals surface area (Å²) in [5, 5.41) is 14.4. The topological polar surface area (TPSA) is 95.7 Å². The van der Waals surface area contributed by atoms with Crippen LogP contribution < -0.4 is 32.1 Å². The molecule has 4 atom stereocenters. The minimum absolute atomic E-state index is 0.0309. The van der Waals surface area contributed by atoms with Gasteiger partial charge in [0.05, 0.1) is 12.1 Å². The molecule has 9 nitrogen and oxygen atoms in total. The average molecular weight is 443 g/mol. The summed E-state index contributed by atoms with van der Waals surface area (Å²) < 4.78 is 0. The Bertz CT molecular complexity index is 745. The van der Waals surface area contributed by atoms with E-state index in [0.29, 0.717) is 0 Å². The summed E-state index contributed by atoms with van der Waals surface area (Å²) in [4.78, 5) is 17.7. The predicted molar refractivity (Wildman–Crippen MR) is 126 cm³/mol. The molecule has 4 unspecified atom stereocenters. The first kappa shape index (κ1) is 22.1. The first-order valence-electron chi connectivity index (χ1n) is 12.3. The Balaban J connectivity index is 1.26. The molecule has 4 saturated heterocycles. The molecule has 1 aromatic rings. The van der Waals surface area contributed by atoms with E-state index in [1.54, 1.807) is 0 Å². The van der Waals surface area contributed by atoms with Crippen LogP contribution in [0.25, 0.3) is 0 Å². The Morgan fingerprint density at radius 3 is 2.44 bits per heavy atom. The third-order valence-corrected chi connectivity index (χ3v) is 7.24. The molecule has 4 aliphatic rings. The molecule has 6 N–H and O–H groups in total. The first-order chi connectivity index (χ1) is 15.8. The van der Waals surface area contributed by atoms with Crippen molar-refractivity contribution in [3.63, 3.8) is 0 Å². The quantitative estimate of drug-likeness (QED) is 0.373. The highest BCUT2D eigenvalue weighted by atomic mass is 16.2. The Kier molecular flexibility index (Phi) is 7.21. The fourth-order valence-corrected chi connectivity index (χ4v) is 5.42. The summed E-state index contributed by atoms with van der Waals surface area (Å²) in [6.45, 7) is 8.24. The summed E-state index contributed by atoms with van der Waals surface area (Å²) in [5.74, 6) is -0.150. The molecule has 0 aliphatic carbocycles. The maximum absolute atomic E-state index is 12.7. The lowest BCUT2D eigenvalue weighted by atomic mass is 9.91. The number of nitrogens with zero attached hydrogens (tertiary/aromatic N) is 2. The van der Waals surface area contributed by atoms with Gasteiger partial charge in [0.2, 0.25) is 5.91 Å². The van der Waals surface area contributed by atoms with E-state index in [1.807, 2.05) is 0 Å². The lowest BCUT2D eigenvalue weighted by Crippen LogP contribution is -2.76. The van der Waals surface area contributed by atoms with Crippen molar-refractivity contribution >= 4 is 11.6 Å². The number of fused-ring (bicyclic) bond motifs is 1. The van der Waals surface area contributed by atoms with Crippen LogP contribution in [-0.4, -0.2) is 80.0 Å². The molecule has 0 radical (unpaired) electrons. The van der Waals surface area contributed by atoms with Crippen molar-refractivity contribution in [3.05, 3.63) is 29.8 Å². The van der Waals surface area contributed by atoms with E-state index in [1.165, 1.54) is 31.2 Å². The van der Waals surface area contributed by atoms with Crippen molar-refractivity contribution in [2.24, 2.45) is 5.92 Å². The highest BCUT2D eigenvalue weighted by molar-refractivity contribution is 5.81. The zero-order chi connectivity index (χ0) is 21.8. The van der Waals surface area contributed by atoms with Gasteiger partial charge in [0, 0.05) is 64.1 Å². The van der Waals surface area contributed by atoms with Crippen molar-refractivity contribution in [2.45, 2.75) is 50.7 Å². The van der Waals surface area contributed by atoms with E-state index < -0.39 is 0 Å². The van der Waals surface area contributed by atoms with Gasteiger partial charge in [-0.15, -0.1) is 0 Å². The van der Waals surface area contributed by atoms with Gasteiger partial charge in [-0.05, 0) is 30.5 Å². The maximum Gasteiger partial charge on any atom is 0.242 e. The molecule has 4 aliphatic heterocycles. The molecular weight excluding hydrogens is 404 g/mol. The van der Waals surface area contributed by atoms with E-state index in [0.717, 1.165) is 58.0 Å². The van der Waals surface area contributed by atoms with Crippen molar-refractivity contribution in [2.75, 3.05) is 51.1 Å². The molecule has 0 saturated carbocycles. The molecule has 9 heteroatoms. The summed E-state index contributed by atoms with van der Waals surface area (Å²) in [6, 6.07) is 8.80. The number of nitrogens with one attached hydrogen (secondary N) is 6. The van der Waals surface area contributed by atoms with Crippen molar-refractivity contribution in [3.8, 4) is 0 Å². The largest absolute Gasteiger partial charge is 0.369 e. The Morgan fingerprint density at radius 1 is 0.938 bits per heavy atom. The van der Waals surface area contributed by atoms with Gasteiger partial charge in [-0.1, -0.05) is 25.0 Å². The SMILES string of the molecule is O=C1NNCC2NC(N3CCCCCC3)NC(Nc3ccc(CN4CCNCC4)cc3)C12. The number of piperazine rings is 1. The predicted octanol–water partition coefficient (Wildman–Crippen LogP) is -0.199. The molecule has 4 fully saturated rings. The summed E-state index contributed by atoms with van der Waals surface area (Å²) in [6.07, 6.45) is 5.03. The lowest BCUT2D eigenvalue weighted by Gasteiger charge is -2.48. The van der Waals surface area contributed by atoms with Crippen LogP contribution in [0.2, 0.25) is 0 Å². The van der Waals surface area contributed by atoms with Crippen LogP contribution in [0.1, 0.15) is 31.2 Å². The molecular formula is C23H38N8O. The zero-order valence-corrected chi connectivity index (χ0v) is 18.9. The number of carbonyl (C=O) groups excluding carboxylic acids is 1. The minimum Gasteiger partial charge on any atom is -0.369 e. The van der Waals surface area contributed by atoms with Crippen LogP contribution in [0.15, 0.2) is 24.3 Å². The van der Waals surface area contributed by atoms with Crippen LogP contribution in [-0.2, 0) is 11.3 Å². The molecule has 0 spiro atoms. The fraction of sp³-hybridized carbons (Fsp3) is 0.696. The number of carbonyl (C=O) groups is 1. The van der Waals surface area contributed by atoms with Crippen LogP contribution in [0.5, 0.6) is 0 Å². The molecule has 4 heterocycles. The molecule has 1 amide bonds. The second kappa shape index (κ2) is 10.5. The van der Waals surface area contributed by atoms with E-state index in [2.05, 4.69) is 66.2 Å². The standard InChI is InChI=1S/C23H38N8O/c32-22-20-19(15-25-29-22)27-23(31-11-3-1-2-4-12-31)28-21(20)26-18-7-5-17(6-8-18)16-30-13-9-24-10-14-30/h5-8,19-21,23-28H,1-4,9-16H2,(H,29,32). The van der Waals surface area contributed by atoms with Crippen molar-refractivity contribution < 1.29 is 4.79 Å². The van der Waals surface area contributed by atoms with Crippen LogP contribution >= 0.6 is 0 Å². The number of hydrazine groups is 1. The number of likely N-dealkylation sites (tertiary alicyclic amines) is 1. The highest BCUT2D eigenvalue weighted by Crippen LogP contribution is 2.23. The Morgan fingerprint density at radius 2 is 1.69 bits per heavy atom. The second-order valence-electron chi connectivity index (χ2n) is 9.53. The van der Waals surface area contributed by atoms with Crippen molar-refractivity contribution in [1.29, 1.82) is 0 Å². The third kappa shape index (κ3) is 5.24. The number of benzene rings is 1. The number of amides is 1. The van der Waals surface area contributed by atoms with Crippen LogP contribution in [0, 0.1) is 5.92 Å². The van der Waals surface area contributed by atoms with E-state index >= 15 is 0 Å². The maximum atomic E-state index is 12.7. The monoisotopic (exact) mass is 442 g/mol. The second-order valence-corrected chi connectivity index (χ2v) is 9.53. The smallest absolute Gasteiger partial charge is 0.242 e. The minimum atomic E-state index is -0.181. The van der Waals surface area contributed by atoms with Gasteiger partial charge in [-0.3, -0.25) is 30.7 Å². The van der Waals surface area contributed by atoms with Gasteiger partial charge in [-0.25, -0.2) is 5.43 Å². The summed E-state index contributed by atoms with van der Waals surface area (Å²) >= 11 is 0. The van der Waals surface area contributed by atoms with Gasteiger partial charge in [0.1, 0.15) is 6.29 Å². The van der Waals surface area contributed by atoms with Gasteiger partial charge in [0.25, 0.3) is 0 Å². The summed E-state index contributed by atoms with van der Waals surface area (Å²) in [5.41, 5.74) is 8.26. The molecule has 0 bridgehead atoms. The molecule has 176 valence electrons. The molecule has 1 aromatic carbocycles. The first-order valence-corrected chi connectivity index (χ1v) is 12.3. The normalized spacial score (nSPS) is 32.6. The fourth-order valence-electron chi connectivity index (χ4n) is 5.42. The van der Waals surface area contributed by atoms with Gasteiger partial charge >= 0.3 is 0 Å². The van der Waals surface area contributed by atoms with Crippen LogP contribution in [0.4, 0.5) is 5.69 Å². The Labute approximate surface area is 191 Å². The number of anilines is 1. The van der Waals surface area contributed by atoms with E-state index in [-0.39, 0.29) is 30.3 Å². The van der Waals surface area contributed by atoms with E-state index in [9.17, 15) is 4.79 Å².